The zero-order chi connectivity index (χ0) is 13.1. The number of aromatic amines is 1. The van der Waals surface area contributed by atoms with Crippen LogP contribution in [0.15, 0.2) is 18.2 Å². The standard InChI is InChI=1S/C13H16N4O/c1-4-10-7-5-6-8(2)11(10)14-13(18)12-9(3)15-17-16-12/h5-7H,4H2,1-3H3,(H,14,18)(H,15,16,17). The summed E-state index contributed by atoms with van der Waals surface area (Å²) in [5.41, 5.74) is 3.96. The van der Waals surface area contributed by atoms with Gasteiger partial charge in [-0.05, 0) is 31.4 Å². The number of H-pyrrole nitrogens is 1. The van der Waals surface area contributed by atoms with Gasteiger partial charge in [-0.25, -0.2) is 0 Å². The van der Waals surface area contributed by atoms with Gasteiger partial charge in [0.25, 0.3) is 5.91 Å². The summed E-state index contributed by atoms with van der Waals surface area (Å²) in [4.78, 5) is 12.1. The fraction of sp³-hybridized carbons (Fsp3) is 0.308. The number of aromatic nitrogens is 3. The summed E-state index contributed by atoms with van der Waals surface area (Å²) in [7, 11) is 0. The molecule has 0 saturated carbocycles. The minimum atomic E-state index is -0.231. The normalized spacial score (nSPS) is 10.4. The second kappa shape index (κ2) is 5.00. The van der Waals surface area contributed by atoms with E-state index in [4.69, 9.17) is 0 Å². The minimum absolute atomic E-state index is 0.231. The van der Waals surface area contributed by atoms with Crippen molar-refractivity contribution in [2.24, 2.45) is 0 Å². The molecule has 18 heavy (non-hydrogen) atoms. The highest BCUT2D eigenvalue weighted by Crippen LogP contribution is 2.21. The lowest BCUT2D eigenvalue weighted by Gasteiger charge is -2.12. The first kappa shape index (κ1) is 12.3. The summed E-state index contributed by atoms with van der Waals surface area (Å²) in [6.45, 7) is 5.78. The van der Waals surface area contributed by atoms with Gasteiger partial charge in [-0.1, -0.05) is 25.1 Å². The van der Waals surface area contributed by atoms with Crippen LogP contribution in [0.5, 0.6) is 0 Å². The Hall–Kier alpha value is -2.17. The molecule has 0 fully saturated rings. The van der Waals surface area contributed by atoms with E-state index < -0.39 is 0 Å². The smallest absolute Gasteiger partial charge is 0.278 e. The summed E-state index contributed by atoms with van der Waals surface area (Å²) >= 11 is 0. The van der Waals surface area contributed by atoms with E-state index in [2.05, 4.69) is 27.7 Å². The van der Waals surface area contributed by atoms with Crippen LogP contribution in [0.1, 0.15) is 34.2 Å². The molecular weight excluding hydrogens is 228 g/mol. The Morgan fingerprint density at radius 3 is 2.72 bits per heavy atom. The molecule has 0 unspecified atom stereocenters. The Morgan fingerprint density at radius 2 is 2.11 bits per heavy atom. The van der Waals surface area contributed by atoms with Gasteiger partial charge in [-0.2, -0.15) is 15.4 Å². The molecule has 0 radical (unpaired) electrons. The number of hydrogen-bond acceptors (Lipinski definition) is 3. The number of nitrogens with zero attached hydrogens (tertiary/aromatic N) is 2. The van der Waals surface area contributed by atoms with Crippen molar-refractivity contribution in [2.75, 3.05) is 5.32 Å². The molecule has 0 spiro atoms. The van der Waals surface area contributed by atoms with Crippen molar-refractivity contribution in [3.8, 4) is 0 Å². The zero-order valence-electron chi connectivity index (χ0n) is 10.7. The third-order valence-corrected chi connectivity index (χ3v) is 2.92. The van der Waals surface area contributed by atoms with Gasteiger partial charge < -0.3 is 5.32 Å². The highest BCUT2D eigenvalue weighted by atomic mass is 16.2. The predicted molar refractivity (Wildman–Crippen MR) is 69.6 cm³/mol. The van der Waals surface area contributed by atoms with E-state index in [0.29, 0.717) is 11.4 Å². The fourth-order valence-electron chi connectivity index (χ4n) is 1.87. The van der Waals surface area contributed by atoms with E-state index >= 15 is 0 Å². The molecule has 1 amide bonds. The van der Waals surface area contributed by atoms with Crippen molar-refractivity contribution in [3.05, 3.63) is 40.7 Å². The van der Waals surface area contributed by atoms with Crippen LogP contribution in [0.4, 0.5) is 5.69 Å². The van der Waals surface area contributed by atoms with Crippen LogP contribution in [-0.2, 0) is 6.42 Å². The largest absolute Gasteiger partial charge is 0.320 e. The Kier molecular flexibility index (Phi) is 3.41. The molecular formula is C13H16N4O. The lowest BCUT2D eigenvalue weighted by atomic mass is 10.1. The van der Waals surface area contributed by atoms with Crippen LogP contribution < -0.4 is 5.32 Å². The molecule has 1 heterocycles. The second-order valence-corrected chi connectivity index (χ2v) is 4.17. The molecule has 0 atom stereocenters. The molecule has 1 aromatic carbocycles. The number of anilines is 1. The average Bonchev–Trinajstić information content (AvgIpc) is 2.78. The fourth-order valence-corrected chi connectivity index (χ4v) is 1.87. The summed E-state index contributed by atoms with van der Waals surface area (Å²) < 4.78 is 0. The molecule has 2 N–H and O–H groups in total. The maximum absolute atomic E-state index is 12.1. The van der Waals surface area contributed by atoms with Gasteiger partial charge in [0.2, 0.25) is 0 Å². The first-order chi connectivity index (χ1) is 8.63. The lowest BCUT2D eigenvalue weighted by molar-refractivity contribution is 0.102. The number of nitrogens with one attached hydrogen (secondary N) is 2. The van der Waals surface area contributed by atoms with Gasteiger partial charge in [-0.3, -0.25) is 4.79 Å². The summed E-state index contributed by atoms with van der Waals surface area (Å²) in [6.07, 6.45) is 0.870. The zero-order valence-corrected chi connectivity index (χ0v) is 10.7. The number of amides is 1. The SMILES string of the molecule is CCc1cccc(C)c1NC(=O)c1n[nH]nc1C. The van der Waals surface area contributed by atoms with Crippen LogP contribution in [0, 0.1) is 13.8 Å². The molecule has 0 aliphatic heterocycles. The number of benzene rings is 1. The highest BCUT2D eigenvalue weighted by Gasteiger charge is 2.15. The van der Waals surface area contributed by atoms with E-state index in [9.17, 15) is 4.79 Å². The third-order valence-electron chi connectivity index (χ3n) is 2.92. The lowest BCUT2D eigenvalue weighted by Crippen LogP contribution is -2.15. The summed E-state index contributed by atoms with van der Waals surface area (Å²) in [6, 6.07) is 5.98. The Balaban J connectivity index is 2.30. The second-order valence-electron chi connectivity index (χ2n) is 4.17. The van der Waals surface area contributed by atoms with Crippen molar-refractivity contribution in [3.63, 3.8) is 0 Å². The number of hydrogen-bond donors (Lipinski definition) is 2. The van der Waals surface area contributed by atoms with Crippen LogP contribution in [0.2, 0.25) is 0 Å². The number of rotatable bonds is 3. The average molecular weight is 244 g/mol. The quantitative estimate of drug-likeness (QED) is 0.869. The Bertz CT molecular complexity index is 574. The van der Waals surface area contributed by atoms with Gasteiger partial charge in [0, 0.05) is 5.69 Å². The molecule has 5 heteroatoms. The van der Waals surface area contributed by atoms with Gasteiger partial charge in [-0.15, -0.1) is 0 Å². The van der Waals surface area contributed by atoms with E-state index in [1.54, 1.807) is 6.92 Å². The monoisotopic (exact) mass is 244 g/mol. The molecule has 0 bridgehead atoms. The van der Waals surface area contributed by atoms with Crippen LogP contribution in [-0.4, -0.2) is 21.3 Å². The number of carbonyl (C=O) groups is 1. The molecule has 94 valence electrons. The number of carbonyl (C=O) groups excluding carboxylic acids is 1. The topological polar surface area (TPSA) is 70.7 Å². The third kappa shape index (κ3) is 2.25. The van der Waals surface area contributed by atoms with Crippen molar-refractivity contribution in [1.82, 2.24) is 15.4 Å². The van der Waals surface area contributed by atoms with Crippen molar-refractivity contribution < 1.29 is 4.79 Å². The Morgan fingerprint density at radius 1 is 1.33 bits per heavy atom. The molecule has 2 aromatic rings. The molecule has 0 saturated heterocycles. The number of para-hydroxylation sites is 1. The summed E-state index contributed by atoms with van der Waals surface area (Å²) in [5, 5.41) is 13.1. The first-order valence-electron chi connectivity index (χ1n) is 5.90. The van der Waals surface area contributed by atoms with Crippen LogP contribution >= 0.6 is 0 Å². The maximum Gasteiger partial charge on any atom is 0.278 e. The van der Waals surface area contributed by atoms with Crippen molar-refractivity contribution in [1.29, 1.82) is 0 Å². The van der Waals surface area contributed by atoms with Crippen molar-refractivity contribution >= 4 is 11.6 Å². The molecule has 2 rings (SSSR count). The predicted octanol–water partition coefficient (Wildman–Crippen LogP) is 2.24. The van der Waals surface area contributed by atoms with Crippen LogP contribution in [0.3, 0.4) is 0 Å². The van der Waals surface area contributed by atoms with E-state index in [-0.39, 0.29) is 5.91 Å². The maximum atomic E-state index is 12.1. The van der Waals surface area contributed by atoms with Gasteiger partial charge in [0.15, 0.2) is 5.69 Å². The molecule has 0 aliphatic rings. The molecule has 0 aliphatic carbocycles. The Labute approximate surface area is 106 Å². The number of aryl methyl sites for hydroxylation is 3. The van der Waals surface area contributed by atoms with E-state index in [1.165, 1.54) is 0 Å². The molecule has 1 aromatic heterocycles. The van der Waals surface area contributed by atoms with Gasteiger partial charge in [0.1, 0.15) is 0 Å². The van der Waals surface area contributed by atoms with Gasteiger partial charge in [0.05, 0.1) is 5.69 Å². The van der Waals surface area contributed by atoms with Crippen LogP contribution in [0.25, 0.3) is 0 Å². The highest BCUT2D eigenvalue weighted by molar-refractivity contribution is 6.04. The first-order valence-corrected chi connectivity index (χ1v) is 5.90. The van der Waals surface area contributed by atoms with E-state index in [1.807, 2.05) is 25.1 Å². The molecule has 5 nitrogen and oxygen atoms in total. The van der Waals surface area contributed by atoms with Gasteiger partial charge >= 0.3 is 0 Å². The van der Waals surface area contributed by atoms with E-state index in [0.717, 1.165) is 23.2 Å². The summed E-state index contributed by atoms with van der Waals surface area (Å²) in [5.74, 6) is -0.231. The van der Waals surface area contributed by atoms with Crippen molar-refractivity contribution in [2.45, 2.75) is 27.2 Å². The minimum Gasteiger partial charge on any atom is -0.320 e.